The van der Waals surface area contributed by atoms with Crippen molar-refractivity contribution in [3.8, 4) is 6.07 Å². The number of nitrogen functional groups attached to an aromatic ring is 1. The molecule has 0 aliphatic carbocycles. The molecule has 0 spiro atoms. The van der Waals surface area contributed by atoms with E-state index in [1.54, 1.807) is 25.2 Å². The monoisotopic (exact) mass is 147 g/mol. The Hall–Kier alpha value is -1.69. The highest BCUT2D eigenvalue weighted by atomic mass is 14.8. The second-order valence-corrected chi connectivity index (χ2v) is 2.17. The maximum absolute atomic E-state index is 8.61. The number of benzene rings is 1. The average Bonchev–Trinajstić information content (AvgIpc) is 2.04. The minimum atomic E-state index is 0.613. The molecule has 1 aromatic carbocycles. The first-order valence-electron chi connectivity index (χ1n) is 3.25. The van der Waals surface area contributed by atoms with E-state index in [4.69, 9.17) is 11.0 Å². The van der Waals surface area contributed by atoms with E-state index in [0.717, 1.165) is 5.69 Å². The number of rotatable bonds is 1. The minimum absolute atomic E-state index is 0.613. The van der Waals surface area contributed by atoms with Crippen LogP contribution in [-0.2, 0) is 0 Å². The van der Waals surface area contributed by atoms with Gasteiger partial charge in [0, 0.05) is 12.7 Å². The smallest absolute Gasteiger partial charge is 0.101 e. The van der Waals surface area contributed by atoms with Gasteiger partial charge in [0.05, 0.1) is 11.3 Å². The molecule has 0 aliphatic rings. The van der Waals surface area contributed by atoms with E-state index in [9.17, 15) is 0 Å². The van der Waals surface area contributed by atoms with Crippen molar-refractivity contribution in [3.63, 3.8) is 0 Å². The minimum Gasteiger partial charge on any atom is -0.399 e. The van der Waals surface area contributed by atoms with Gasteiger partial charge < -0.3 is 11.1 Å². The molecule has 0 unspecified atom stereocenters. The van der Waals surface area contributed by atoms with Crippen molar-refractivity contribution in [1.29, 1.82) is 5.26 Å². The molecule has 0 aromatic heterocycles. The molecule has 1 rings (SSSR count). The molecule has 3 N–H and O–H groups in total. The maximum Gasteiger partial charge on any atom is 0.101 e. The quantitative estimate of drug-likeness (QED) is 0.586. The van der Waals surface area contributed by atoms with Gasteiger partial charge in [-0.25, -0.2) is 0 Å². The molecule has 1 aromatic rings. The number of nitrogens with two attached hydrogens (primary N) is 1. The van der Waals surface area contributed by atoms with Gasteiger partial charge in [-0.05, 0) is 18.2 Å². The van der Waals surface area contributed by atoms with Crippen LogP contribution in [-0.4, -0.2) is 7.05 Å². The van der Waals surface area contributed by atoms with Crippen LogP contribution in [0.25, 0.3) is 0 Å². The topological polar surface area (TPSA) is 61.8 Å². The van der Waals surface area contributed by atoms with Crippen molar-refractivity contribution in [1.82, 2.24) is 0 Å². The van der Waals surface area contributed by atoms with Gasteiger partial charge in [-0.15, -0.1) is 0 Å². The largest absolute Gasteiger partial charge is 0.399 e. The third-order valence-corrected chi connectivity index (χ3v) is 1.43. The molecule has 0 saturated heterocycles. The number of nitrogens with zero attached hydrogens (tertiary/aromatic N) is 1. The molecule has 0 heterocycles. The Morgan fingerprint density at radius 3 is 2.82 bits per heavy atom. The number of hydrogen-bond acceptors (Lipinski definition) is 3. The highest BCUT2D eigenvalue weighted by Crippen LogP contribution is 2.16. The first kappa shape index (κ1) is 7.42. The molecule has 3 heteroatoms. The van der Waals surface area contributed by atoms with Gasteiger partial charge in [0.25, 0.3) is 0 Å². The van der Waals surface area contributed by atoms with Crippen LogP contribution >= 0.6 is 0 Å². The van der Waals surface area contributed by atoms with Crippen LogP contribution < -0.4 is 11.1 Å². The Kier molecular flexibility index (Phi) is 1.98. The Morgan fingerprint density at radius 1 is 1.55 bits per heavy atom. The molecule has 0 fully saturated rings. The fourth-order valence-corrected chi connectivity index (χ4v) is 0.866. The second kappa shape index (κ2) is 2.93. The molecule has 0 amide bonds. The van der Waals surface area contributed by atoms with Crippen LogP contribution in [0, 0.1) is 11.3 Å². The standard InChI is InChI=1S/C8H9N3/c1-11-8-4-7(10)3-2-6(8)5-9/h2-4,11H,10H2,1H3. The number of nitrogens with one attached hydrogen (secondary N) is 1. The van der Waals surface area contributed by atoms with Crippen molar-refractivity contribution in [2.24, 2.45) is 0 Å². The van der Waals surface area contributed by atoms with Crippen LogP contribution in [0.15, 0.2) is 18.2 Å². The fourth-order valence-electron chi connectivity index (χ4n) is 0.866. The normalized spacial score (nSPS) is 8.73. The summed E-state index contributed by atoms with van der Waals surface area (Å²) in [4.78, 5) is 0. The van der Waals surface area contributed by atoms with Gasteiger partial charge in [0.2, 0.25) is 0 Å². The Morgan fingerprint density at radius 2 is 2.27 bits per heavy atom. The summed E-state index contributed by atoms with van der Waals surface area (Å²) in [6, 6.07) is 7.19. The van der Waals surface area contributed by atoms with Crippen LogP contribution in [0.5, 0.6) is 0 Å². The van der Waals surface area contributed by atoms with E-state index in [2.05, 4.69) is 11.4 Å². The molecule has 0 aliphatic heterocycles. The van der Waals surface area contributed by atoms with Crippen LogP contribution in [0.1, 0.15) is 5.56 Å². The highest BCUT2D eigenvalue weighted by molar-refractivity contribution is 5.63. The van der Waals surface area contributed by atoms with Crippen LogP contribution in [0.2, 0.25) is 0 Å². The molecular formula is C8H9N3. The van der Waals surface area contributed by atoms with E-state index in [1.807, 2.05) is 0 Å². The number of hydrogen-bond donors (Lipinski definition) is 2. The zero-order valence-corrected chi connectivity index (χ0v) is 6.26. The maximum atomic E-state index is 8.61. The Bertz CT molecular complexity index is 299. The predicted octanol–water partition coefficient (Wildman–Crippen LogP) is 1.18. The first-order valence-corrected chi connectivity index (χ1v) is 3.25. The molecule has 3 nitrogen and oxygen atoms in total. The van der Waals surface area contributed by atoms with Crippen LogP contribution in [0.3, 0.4) is 0 Å². The molecule has 0 radical (unpaired) electrons. The van der Waals surface area contributed by atoms with Gasteiger partial charge in [0.15, 0.2) is 0 Å². The lowest BCUT2D eigenvalue weighted by Crippen LogP contribution is -1.94. The highest BCUT2D eigenvalue weighted by Gasteiger charge is 1.98. The summed E-state index contributed by atoms with van der Waals surface area (Å²) in [5.41, 5.74) is 7.55. The average molecular weight is 147 g/mol. The van der Waals surface area contributed by atoms with E-state index in [-0.39, 0.29) is 0 Å². The third kappa shape index (κ3) is 1.41. The summed E-state index contributed by atoms with van der Waals surface area (Å²) >= 11 is 0. The van der Waals surface area contributed by atoms with Crippen molar-refractivity contribution in [2.75, 3.05) is 18.1 Å². The molecule has 0 saturated carbocycles. The summed E-state index contributed by atoms with van der Waals surface area (Å²) in [6.45, 7) is 0. The van der Waals surface area contributed by atoms with Gasteiger partial charge in [0.1, 0.15) is 6.07 Å². The van der Waals surface area contributed by atoms with Gasteiger partial charge in [-0.3, -0.25) is 0 Å². The summed E-state index contributed by atoms with van der Waals surface area (Å²) in [6.07, 6.45) is 0. The lowest BCUT2D eigenvalue weighted by atomic mass is 10.2. The summed E-state index contributed by atoms with van der Waals surface area (Å²) < 4.78 is 0. The third-order valence-electron chi connectivity index (χ3n) is 1.43. The SMILES string of the molecule is CNc1cc(N)ccc1C#N. The lowest BCUT2D eigenvalue weighted by Gasteiger charge is -2.02. The molecule has 11 heavy (non-hydrogen) atoms. The molecule has 0 bridgehead atoms. The van der Waals surface area contributed by atoms with Gasteiger partial charge in [-0.1, -0.05) is 0 Å². The van der Waals surface area contributed by atoms with E-state index in [0.29, 0.717) is 11.3 Å². The fraction of sp³-hybridized carbons (Fsp3) is 0.125. The van der Waals surface area contributed by atoms with Gasteiger partial charge in [-0.2, -0.15) is 5.26 Å². The van der Waals surface area contributed by atoms with Crippen molar-refractivity contribution in [2.45, 2.75) is 0 Å². The summed E-state index contributed by atoms with van der Waals surface area (Å²) in [5.74, 6) is 0. The first-order chi connectivity index (χ1) is 5.27. The summed E-state index contributed by atoms with van der Waals surface area (Å²) in [7, 11) is 1.76. The van der Waals surface area contributed by atoms with Crippen molar-refractivity contribution < 1.29 is 0 Å². The van der Waals surface area contributed by atoms with E-state index >= 15 is 0 Å². The zero-order valence-electron chi connectivity index (χ0n) is 6.26. The summed E-state index contributed by atoms with van der Waals surface area (Å²) in [5, 5.41) is 11.5. The second-order valence-electron chi connectivity index (χ2n) is 2.17. The lowest BCUT2D eigenvalue weighted by molar-refractivity contribution is 1.44. The van der Waals surface area contributed by atoms with Crippen molar-refractivity contribution in [3.05, 3.63) is 23.8 Å². The molecular weight excluding hydrogens is 138 g/mol. The number of nitriles is 1. The van der Waals surface area contributed by atoms with Crippen LogP contribution in [0.4, 0.5) is 11.4 Å². The predicted molar refractivity (Wildman–Crippen MR) is 45.1 cm³/mol. The number of anilines is 2. The van der Waals surface area contributed by atoms with Gasteiger partial charge >= 0.3 is 0 Å². The van der Waals surface area contributed by atoms with E-state index < -0.39 is 0 Å². The molecule has 56 valence electrons. The Labute approximate surface area is 65.4 Å². The van der Waals surface area contributed by atoms with E-state index in [1.165, 1.54) is 0 Å². The Balaban J connectivity index is 3.19. The molecule has 0 atom stereocenters. The van der Waals surface area contributed by atoms with Crippen molar-refractivity contribution >= 4 is 11.4 Å². The zero-order chi connectivity index (χ0) is 8.27.